The number of carbonyl (C=O) groups is 2. The van der Waals surface area contributed by atoms with E-state index in [9.17, 15) is 24.5 Å². The summed E-state index contributed by atoms with van der Waals surface area (Å²) in [5, 5.41) is 11.1. The summed E-state index contributed by atoms with van der Waals surface area (Å²) >= 11 is 5.48. The lowest BCUT2D eigenvalue weighted by atomic mass is 9.83. The van der Waals surface area contributed by atoms with Crippen LogP contribution in [0.2, 0.25) is 0 Å². The number of hydrogen-bond donors (Lipinski definition) is 1. The summed E-state index contributed by atoms with van der Waals surface area (Å²) in [6, 6.07) is 12.9. The number of halogens is 1. The number of aromatic nitrogens is 1. The normalized spacial score (nSPS) is 22.4. The van der Waals surface area contributed by atoms with Gasteiger partial charge in [-0.3, -0.25) is 24.5 Å². The second-order valence-corrected chi connectivity index (χ2v) is 10.2. The molecule has 0 saturated carbocycles. The first-order chi connectivity index (χ1) is 14.8. The maximum atomic E-state index is 13.5. The van der Waals surface area contributed by atoms with Crippen molar-refractivity contribution in [2.24, 2.45) is 5.92 Å². The maximum Gasteiger partial charge on any atom is 0.305 e. The van der Waals surface area contributed by atoms with Crippen LogP contribution in [0.5, 0.6) is 0 Å². The topological polar surface area (TPSA) is 113 Å². The number of aromatic amines is 1. The number of non-ortho nitro benzene ring substituents is 1. The first-order valence-electron chi connectivity index (χ1n) is 9.12. The van der Waals surface area contributed by atoms with Gasteiger partial charge in [-0.05, 0) is 29.8 Å². The number of thiazole rings is 1. The van der Waals surface area contributed by atoms with E-state index in [0.29, 0.717) is 21.2 Å². The number of nitro groups is 1. The van der Waals surface area contributed by atoms with Gasteiger partial charge in [0.25, 0.3) is 5.69 Å². The van der Waals surface area contributed by atoms with Crippen LogP contribution in [0.3, 0.4) is 0 Å². The molecular formula is C20H12BrN3O5S2. The molecule has 3 aromatic rings. The summed E-state index contributed by atoms with van der Waals surface area (Å²) in [6.07, 6.45) is 0. The largest absolute Gasteiger partial charge is 0.307 e. The summed E-state index contributed by atoms with van der Waals surface area (Å²) in [4.78, 5) is 53.9. The maximum absolute atomic E-state index is 13.5. The third-order valence-electron chi connectivity index (χ3n) is 5.35. The van der Waals surface area contributed by atoms with Crippen LogP contribution in [0.25, 0.3) is 0 Å². The predicted octanol–water partition coefficient (Wildman–Crippen LogP) is 3.90. The van der Waals surface area contributed by atoms with Gasteiger partial charge in [-0.1, -0.05) is 51.2 Å². The number of amides is 2. The van der Waals surface area contributed by atoms with Gasteiger partial charge in [0.15, 0.2) is 0 Å². The van der Waals surface area contributed by atoms with E-state index in [1.54, 1.807) is 36.4 Å². The minimum atomic E-state index is -0.776. The molecule has 31 heavy (non-hydrogen) atoms. The monoisotopic (exact) mass is 517 g/mol. The van der Waals surface area contributed by atoms with Gasteiger partial charge >= 0.3 is 4.87 Å². The molecule has 2 aliphatic heterocycles. The van der Waals surface area contributed by atoms with E-state index >= 15 is 0 Å². The lowest BCUT2D eigenvalue weighted by Crippen LogP contribution is -2.32. The number of imide groups is 1. The number of rotatable bonds is 3. The highest BCUT2D eigenvalue weighted by atomic mass is 79.9. The Bertz CT molecular complexity index is 1300. The van der Waals surface area contributed by atoms with Crippen molar-refractivity contribution >= 4 is 62.2 Å². The molecule has 2 aromatic carbocycles. The van der Waals surface area contributed by atoms with Gasteiger partial charge in [-0.25, -0.2) is 4.90 Å². The number of nitrogens with one attached hydrogen (secondary N) is 1. The first kappa shape index (κ1) is 20.2. The van der Waals surface area contributed by atoms with Crippen LogP contribution in [-0.2, 0) is 9.59 Å². The zero-order valence-electron chi connectivity index (χ0n) is 15.5. The van der Waals surface area contributed by atoms with Gasteiger partial charge in [-0.15, -0.1) is 0 Å². The average Bonchev–Trinajstić information content (AvgIpc) is 3.24. The molecule has 1 saturated heterocycles. The molecule has 0 spiro atoms. The van der Waals surface area contributed by atoms with Crippen LogP contribution < -0.4 is 9.77 Å². The molecule has 5 rings (SSSR count). The van der Waals surface area contributed by atoms with Gasteiger partial charge in [0.2, 0.25) is 11.8 Å². The Balaban J connectivity index is 1.66. The van der Waals surface area contributed by atoms with Crippen LogP contribution in [0, 0.1) is 16.0 Å². The minimum absolute atomic E-state index is 0.113. The fraction of sp³-hybridized carbons (Fsp3) is 0.150. The smallest absolute Gasteiger partial charge is 0.305 e. The summed E-state index contributed by atoms with van der Waals surface area (Å²) in [5.41, 5.74) is 0.876. The van der Waals surface area contributed by atoms with Crippen LogP contribution in [-0.4, -0.2) is 27.0 Å². The van der Waals surface area contributed by atoms with E-state index < -0.39 is 22.0 Å². The summed E-state index contributed by atoms with van der Waals surface area (Å²) in [7, 11) is 0. The quantitative estimate of drug-likeness (QED) is 0.320. The van der Waals surface area contributed by atoms with E-state index in [4.69, 9.17) is 0 Å². The van der Waals surface area contributed by atoms with Crippen molar-refractivity contribution in [3.63, 3.8) is 0 Å². The Kier molecular flexibility index (Phi) is 4.83. The summed E-state index contributed by atoms with van der Waals surface area (Å²) in [6.45, 7) is 0. The second-order valence-electron chi connectivity index (χ2n) is 7.09. The Morgan fingerprint density at radius 3 is 2.52 bits per heavy atom. The molecule has 2 amide bonds. The van der Waals surface area contributed by atoms with E-state index in [-0.39, 0.29) is 22.4 Å². The molecule has 0 unspecified atom stereocenters. The minimum Gasteiger partial charge on any atom is -0.307 e. The number of hydrogen-bond acceptors (Lipinski definition) is 7. The Morgan fingerprint density at radius 2 is 1.81 bits per heavy atom. The Morgan fingerprint density at radius 1 is 1.06 bits per heavy atom. The van der Waals surface area contributed by atoms with E-state index in [1.807, 2.05) is 0 Å². The molecule has 0 aliphatic carbocycles. The van der Waals surface area contributed by atoms with Crippen LogP contribution >= 0.6 is 39.0 Å². The van der Waals surface area contributed by atoms with Gasteiger partial charge < -0.3 is 4.98 Å². The lowest BCUT2D eigenvalue weighted by molar-refractivity contribution is -0.384. The molecule has 3 atom stereocenters. The Hall–Kier alpha value is -2.76. The molecule has 156 valence electrons. The van der Waals surface area contributed by atoms with Crippen molar-refractivity contribution in [3.8, 4) is 0 Å². The third kappa shape index (κ3) is 3.24. The molecule has 11 heteroatoms. The molecule has 0 radical (unpaired) electrons. The molecule has 8 nitrogen and oxygen atoms in total. The van der Waals surface area contributed by atoms with Crippen molar-refractivity contribution in [1.82, 2.24) is 4.98 Å². The second kappa shape index (κ2) is 7.43. The number of nitrogens with zero attached hydrogens (tertiary/aromatic N) is 2. The highest BCUT2D eigenvalue weighted by molar-refractivity contribution is 9.10. The highest BCUT2D eigenvalue weighted by Crippen LogP contribution is 2.53. The van der Waals surface area contributed by atoms with E-state index in [1.165, 1.54) is 28.8 Å². The standard InChI is InChI=1S/C20H12BrN3O5S2/c21-10-4-6-11(7-5-10)23-18(25)14-13(9-2-1-3-12(8-9)24(28)29)15-17(22-20(27)31-15)30-16(14)19(23)26/h1-8,13-14,16H,(H,22,27)/t13-,14+,16+/m0/s1. The Labute approximate surface area is 191 Å². The fourth-order valence-corrected chi connectivity index (χ4v) is 6.83. The summed E-state index contributed by atoms with van der Waals surface area (Å²) < 4.78 is 0.816. The summed E-state index contributed by atoms with van der Waals surface area (Å²) in [5.74, 6) is -2.16. The van der Waals surface area contributed by atoms with Gasteiger partial charge in [0.1, 0.15) is 5.25 Å². The van der Waals surface area contributed by atoms with Crippen molar-refractivity contribution in [1.29, 1.82) is 0 Å². The highest BCUT2D eigenvalue weighted by Gasteiger charge is 2.56. The van der Waals surface area contributed by atoms with Crippen molar-refractivity contribution in [2.45, 2.75) is 16.2 Å². The zero-order valence-corrected chi connectivity index (χ0v) is 18.7. The first-order valence-corrected chi connectivity index (χ1v) is 11.6. The van der Waals surface area contributed by atoms with Gasteiger partial charge in [0.05, 0.1) is 21.6 Å². The number of benzene rings is 2. The number of fused-ring (bicyclic) bond motifs is 2. The number of nitro benzene ring substituents is 1. The average molecular weight is 518 g/mol. The van der Waals surface area contributed by atoms with Crippen LogP contribution in [0.15, 0.2) is 62.8 Å². The van der Waals surface area contributed by atoms with Gasteiger partial charge in [0, 0.05) is 27.4 Å². The van der Waals surface area contributed by atoms with Crippen molar-refractivity contribution in [3.05, 3.63) is 83.2 Å². The molecule has 3 heterocycles. The number of anilines is 1. The fourth-order valence-electron chi connectivity index (χ4n) is 4.05. The SMILES string of the molecule is O=C1[C@@H]2[C@H](c3cccc([N+](=O)[O-])c3)c3sc(=O)[nH]c3S[C@H]2C(=O)N1c1ccc(Br)cc1. The molecule has 1 fully saturated rings. The molecule has 1 N–H and O–H groups in total. The van der Waals surface area contributed by atoms with Crippen LogP contribution in [0.4, 0.5) is 11.4 Å². The lowest BCUT2D eigenvalue weighted by Gasteiger charge is -2.29. The molecule has 2 aliphatic rings. The van der Waals surface area contributed by atoms with E-state index in [0.717, 1.165) is 15.8 Å². The van der Waals surface area contributed by atoms with E-state index in [2.05, 4.69) is 20.9 Å². The number of thioether (sulfide) groups is 1. The third-order valence-corrected chi connectivity index (χ3v) is 8.28. The van der Waals surface area contributed by atoms with Crippen LogP contribution in [0.1, 0.15) is 16.4 Å². The van der Waals surface area contributed by atoms with Crippen molar-refractivity contribution < 1.29 is 14.5 Å². The number of H-pyrrole nitrogens is 1. The molecular weight excluding hydrogens is 506 g/mol. The number of carbonyl (C=O) groups excluding carboxylic acids is 2. The molecule has 1 aromatic heterocycles. The predicted molar refractivity (Wildman–Crippen MR) is 120 cm³/mol. The van der Waals surface area contributed by atoms with Gasteiger partial charge in [-0.2, -0.15) is 0 Å². The zero-order chi connectivity index (χ0) is 21.9. The van der Waals surface area contributed by atoms with Crippen molar-refractivity contribution in [2.75, 3.05) is 4.90 Å². The molecule has 0 bridgehead atoms.